The van der Waals surface area contributed by atoms with Crippen molar-refractivity contribution in [1.82, 2.24) is 5.32 Å². The van der Waals surface area contributed by atoms with E-state index in [9.17, 15) is 9.59 Å². The number of hydrogen-bond donors (Lipinski definition) is 1. The van der Waals surface area contributed by atoms with Crippen LogP contribution in [0.15, 0.2) is 22.8 Å². The van der Waals surface area contributed by atoms with Crippen molar-refractivity contribution >= 4 is 11.9 Å². The zero-order chi connectivity index (χ0) is 11.1. The number of furan rings is 1. The molecule has 5 nitrogen and oxygen atoms in total. The van der Waals surface area contributed by atoms with E-state index in [1.807, 2.05) is 0 Å². The number of rotatable bonds is 4. The molecule has 1 aromatic rings. The minimum atomic E-state index is -0.850. The van der Waals surface area contributed by atoms with Crippen molar-refractivity contribution < 1.29 is 18.7 Å². The summed E-state index contributed by atoms with van der Waals surface area (Å²) < 4.78 is 9.57. The first-order chi connectivity index (χ1) is 7.24. The van der Waals surface area contributed by atoms with Crippen molar-refractivity contribution in [2.45, 2.75) is 13.3 Å². The minimum absolute atomic E-state index is 0.199. The molecule has 0 aliphatic rings. The molecule has 0 aliphatic carbocycles. The van der Waals surface area contributed by atoms with Gasteiger partial charge < -0.3 is 14.5 Å². The average Bonchev–Trinajstić information content (AvgIpc) is 2.71. The van der Waals surface area contributed by atoms with E-state index in [1.54, 1.807) is 25.3 Å². The molecule has 0 aliphatic heterocycles. The van der Waals surface area contributed by atoms with E-state index in [0.717, 1.165) is 5.76 Å². The van der Waals surface area contributed by atoms with Gasteiger partial charge in [0.15, 0.2) is 0 Å². The van der Waals surface area contributed by atoms with E-state index in [4.69, 9.17) is 4.42 Å². The summed E-state index contributed by atoms with van der Waals surface area (Å²) in [6.07, 6.45) is 2.11. The van der Waals surface area contributed by atoms with E-state index in [2.05, 4.69) is 10.1 Å². The van der Waals surface area contributed by atoms with E-state index >= 15 is 0 Å². The molecule has 0 fully saturated rings. The lowest BCUT2D eigenvalue weighted by atomic mass is 10.3. The second-order valence-corrected chi connectivity index (χ2v) is 2.81. The summed E-state index contributed by atoms with van der Waals surface area (Å²) in [5.74, 6) is -0.806. The third-order valence-corrected chi connectivity index (χ3v) is 1.70. The molecule has 0 aromatic carbocycles. The van der Waals surface area contributed by atoms with Crippen LogP contribution in [0.1, 0.15) is 12.7 Å². The fourth-order valence-corrected chi connectivity index (χ4v) is 1.02. The standard InChI is InChI=1S/C10H13NO4/c1-2-14-10(13)9(12)11-6-5-8-4-3-7-15-8/h3-4,7H,2,5-6H2,1H3,(H,11,12). The molecule has 0 spiro atoms. The molecule has 5 heteroatoms. The van der Waals surface area contributed by atoms with Gasteiger partial charge in [-0.15, -0.1) is 0 Å². The van der Waals surface area contributed by atoms with E-state index in [-0.39, 0.29) is 6.61 Å². The molecule has 1 aromatic heterocycles. The van der Waals surface area contributed by atoms with Crippen molar-refractivity contribution in [1.29, 1.82) is 0 Å². The Morgan fingerprint density at radius 2 is 2.33 bits per heavy atom. The normalized spacial score (nSPS) is 9.67. The number of ether oxygens (including phenoxy) is 1. The fraction of sp³-hybridized carbons (Fsp3) is 0.400. The van der Waals surface area contributed by atoms with Crippen LogP contribution in [0, 0.1) is 0 Å². The van der Waals surface area contributed by atoms with Gasteiger partial charge in [0.1, 0.15) is 5.76 Å². The molecule has 0 saturated carbocycles. The summed E-state index contributed by atoms with van der Waals surface area (Å²) in [5, 5.41) is 2.43. The van der Waals surface area contributed by atoms with Crippen molar-refractivity contribution in [3.8, 4) is 0 Å². The van der Waals surface area contributed by atoms with Gasteiger partial charge in [0.05, 0.1) is 12.9 Å². The fourth-order valence-electron chi connectivity index (χ4n) is 1.02. The molecule has 1 rings (SSSR count). The van der Waals surface area contributed by atoms with E-state index in [0.29, 0.717) is 13.0 Å². The van der Waals surface area contributed by atoms with Gasteiger partial charge in [-0.3, -0.25) is 4.79 Å². The molecule has 82 valence electrons. The lowest BCUT2D eigenvalue weighted by Crippen LogP contribution is -2.33. The number of esters is 1. The molecule has 1 amide bonds. The van der Waals surface area contributed by atoms with Crippen molar-refractivity contribution in [3.63, 3.8) is 0 Å². The Balaban J connectivity index is 2.20. The number of carbonyl (C=O) groups excluding carboxylic acids is 2. The molecule has 0 bridgehead atoms. The summed E-state index contributed by atoms with van der Waals surface area (Å²) >= 11 is 0. The average molecular weight is 211 g/mol. The van der Waals surface area contributed by atoms with Crippen molar-refractivity contribution in [3.05, 3.63) is 24.2 Å². The summed E-state index contributed by atoms with van der Waals surface area (Å²) in [4.78, 5) is 21.9. The lowest BCUT2D eigenvalue weighted by Gasteiger charge is -2.02. The zero-order valence-electron chi connectivity index (χ0n) is 8.49. The topological polar surface area (TPSA) is 68.5 Å². The quantitative estimate of drug-likeness (QED) is 0.581. The van der Waals surface area contributed by atoms with E-state index in [1.165, 1.54) is 0 Å². The monoisotopic (exact) mass is 211 g/mol. The van der Waals surface area contributed by atoms with Gasteiger partial charge in [-0.25, -0.2) is 4.79 Å². The van der Waals surface area contributed by atoms with Gasteiger partial charge in [0, 0.05) is 13.0 Å². The summed E-state index contributed by atoms with van der Waals surface area (Å²) in [6.45, 7) is 2.20. The van der Waals surface area contributed by atoms with Gasteiger partial charge in [0.2, 0.25) is 0 Å². The molecule has 15 heavy (non-hydrogen) atoms. The summed E-state index contributed by atoms with van der Waals surface area (Å²) in [5.41, 5.74) is 0. The van der Waals surface area contributed by atoms with Gasteiger partial charge in [-0.05, 0) is 19.1 Å². The third-order valence-electron chi connectivity index (χ3n) is 1.70. The van der Waals surface area contributed by atoms with Crippen LogP contribution in [0.5, 0.6) is 0 Å². The highest BCUT2D eigenvalue weighted by Gasteiger charge is 2.13. The molecular weight excluding hydrogens is 198 g/mol. The van der Waals surface area contributed by atoms with Crippen molar-refractivity contribution in [2.24, 2.45) is 0 Å². The summed E-state index contributed by atoms with van der Waals surface area (Å²) in [7, 11) is 0. The Labute approximate surface area is 87.4 Å². The molecule has 0 saturated heterocycles. The smallest absolute Gasteiger partial charge is 0.396 e. The number of carbonyl (C=O) groups is 2. The maximum absolute atomic E-state index is 11.0. The maximum Gasteiger partial charge on any atom is 0.396 e. The Morgan fingerprint density at radius 3 is 2.93 bits per heavy atom. The molecule has 1 heterocycles. The van der Waals surface area contributed by atoms with Crippen LogP contribution in [0.3, 0.4) is 0 Å². The van der Waals surface area contributed by atoms with Crippen LogP contribution in [0.4, 0.5) is 0 Å². The first-order valence-corrected chi connectivity index (χ1v) is 4.71. The highest BCUT2D eigenvalue weighted by Crippen LogP contribution is 1.99. The molecule has 0 atom stereocenters. The van der Waals surface area contributed by atoms with Gasteiger partial charge in [-0.1, -0.05) is 0 Å². The van der Waals surface area contributed by atoms with Crippen LogP contribution in [0.2, 0.25) is 0 Å². The van der Waals surface area contributed by atoms with Crippen LogP contribution in [0.25, 0.3) is 0 Å². The number of nitrogens with one attached hydrogen (secondary N) is 1. The predicted molar refractivity (Wildman–Crippen MR) is 52.1 cm³/mol. The van der Waals surface area contributed by atoms with Gasteiger partial charge in [-0.2, -0.15) is 0 Å². The minimum Gasteiger partial charge on any atom is -0.469 e. The maximum atomic E-state index is 11.0. The first kappa shape index (κ1) is 11.3. The number of hydrogen-bond acceptors (Lipinski definition) is 4. The summed E-state index contributed by atoms with van der Waals surface area (Å²) in [6, 6.07) is 3.57. The second kappa shape index (κ2) is 5.85. The van der Waals surface area contributed by atoms with Gasteiger partial charge in [0.25, 0.3) is 0 Å². The first-order valence-electron chi connectivity index (χ1n) is 4.71. The Kier molecular flexibility index (Phi) is 4.40. The Morgan fingerprint density at radius 1 is 1.53 bits per heavy atom. The molecule has 0 radical (unpaired) electrons. The molecule has 0 unspecified atom stereocenters. The van der Waals surface area contributed by atoms with Crippen molar-refractivity contribution in [2.75, 3.05) is 13.2 Å². The molecule has 1 N–H and O–H groups in total. The largest absolute Gasteiger partial charge is 0.469 e. The highest BCUT2D eigenvalue weighted by atomic mass is 16.5. The van der Waals surface area contributed by atoms with Crippen LogP contribution in [-0.2, 0) is 20.7 Å². The van der Waals surface area contributed by atoms with Crippen LogP contribution < -0.4 is 5.32 Å². The predicted octanol–water partition coefficient (Wildman–Crippen LogP) is 0.501. The Hall–Kier alpha value is -1.78. The molecular formula is C10H13NO4. The highest BCUT2D eigenvalue weighted by molar-refractivity contribution is 6.32. The third kappa shape index (κ3) is 3.84. The SMILES string of the molecule is CCOC(=O)C(=O)NCCc1ccco1. The number of amides is 1. The Bertz CT molecular complexity index is 318. The van der Waals surface area contributed by atoms with Crippen LogP contribution >= 0.6 is 0 Å². The lowest BCUT2D eigenvalue weighted by molar-refractivity contribution is -0.154. The second-order valence-electron chi connectivity index (χ2n) is 2.81. The zero-order valence-corrected chi connectivity index (χ0v) is 8.49. The van der Waals surface area contributed by atoms with E-state index < -0.39 is 11.9 Å². The van der Waals surface area contributed by atoms with Crippen LogP contribution in [-0.4, -0.2) is 25.0 Å². The van der Waals surface area contributed by atoms with Gasteiger partial charge >= 0.3 is 11.9 Å².